The number of likely N-dealkylation sites (tertiary alicyclic amines) is 1. The number of rotatable bonds is 5. The molecule has 1 saturated heterocycles. The Bertz CT molecular complexity index is 719. The highest BCUT2D eigenvalue weighted by atomic mass is 16.5. The highest BCUT2D eigenvalue weighted by Gasteiger charge is 2.24. The third-order valence-corrected chi connectivity index (χ3v) is 5.55. The molecule has 0 radical (unpaired) electrons. The zero-order valence-corrected chi connectivity index (χ0v) is 17.3. The molecule has 0 aromatic heterocycles. The predicted octanol–water partition coefficient (Wildman–Crippen LogP) is 1.70. The zero-order chi connectivity index (χ0) is 20.6. The number of carbonyl (C=O) groups excluding carboxylic acids is 2. The number of nitrogens with zero attached hydrogens (tertiary/aromatic N) is 3. The Morgan fingerprint density at radius 2 is 1.79 bits per heavy atom. The van der Waals surface area contributed by atoms with E-state index in [2.05, 4.69) is 27.8 Å². The van der Waals surface area contributed by atoms with Crippen molar-refractivity contribution in [2.75, 3.05) is 33.8 Å². The summed E-state index contributed by atoms with van der Waals surface area (Å²) in [5, 5.41) is 6.69. The SMILES string of the molecule is CN=C(NCCCC(=O)N1Cc2ccccc2C1)NC1CCN(C(=O)OC)CC1. The number of methoxy groups -OCH3 is 1. The largest absolute Gasteiger partial charge is 0.453 e. The van der Waals surface area contributed by atoms with E-state index >= 15 is 0 Å². The van der Waals surface area contributed by atoms with Crippen molar-refractivity contribution >= 4 is 18.0 Å². The highest BCUT2D eigenvalue weighted by Crippen LogP contribution is 2.22. The van der Waals surface area contributed by atoms with Gasteiger partial charge in [-0.2, -0.15) is 0 Å². The van der Waals surface area contributed by atoms with Crippen LogP contribution in [0.2, 0.25) is 0 Å². The molecule has 0 atom stereocenters. The molecular weight excluding hydrogens is 370 g/mol. The smallest absolute Gasteiger partial charge is 0.409 e. The van der Waals surface area contributed by atoms with E-state index in [9.17, 15) is 9.59 Å². The minimum atomic E-state index is -0.267. The number of ether oxygens (including phenoxy) is 1. The Hall–Kier alpha value is -2.77. The van der Waals surface area contributed by atoms with Crippen molar-refractivity contribution in [1.82, 2.24) is 20.4 Å². The summed E-state index contributed by atoms with van der Waals surface area (Å²) in [4.78, 5) is 31.9. The molecule has 2 heterocycles. The van der Waals surface area contributed by atoms with Gasteiger partial charge in [0.1, 0.15) is 0 Å². The summed E-state index contributed by atoms with van der Waals surface area (Å²) < 4.78 is 4.77. The molecule has 2 N–H and O–H groups in total. The van der Waals surface area contributed by atoms with Crippen LogP contribution in [0, 0.1) is 0 Å². The monoisotopic (exact) mass is 401 g/mol. The number of hydrogen-bond acceptors (Lipinski definition) is 4. The maximum absolute atomic E-state index is 12.5. The van der Waals surface area contributed by atoms with Crippen LogP contribution in [0.15, 0.2) is 29.3 Å². The van der Waals surface area contributed by atoms with Gasteiger partial charge in [-0.1, -0.05) is 24.3 Å². The maximum Gasteiger partial charge on any atom is 0.409 e. The molecule has 1 aromatic carbocycles. The van der Waals surface area contributed by atoms with E-state index in [-0.39, 0.29) is 18.0 Å². The molecule has 0 spiro atoms. The van der Waals surface area contributed by atoms with Crippen LogP contribution in [-0.2, 0) is 22.6 Å². The van der Waals surface area contributed by atoms with Gasteiger partial charge >= 0.3 is 6.09 Å². The summed E-state index contributed by atoms with van der Waals surface area (Å²) >= 11 is 0. The molecular formula is C21H31N5O3. The van der Waals surface area contributed by atoms with Gasteiger partial charge in [0.05, 0.1) is 7.11 Å². The third-order valence-electron chi connectivity index (χ3n) is 5.55. The molecule has 0 bridgehead atoms. The number of benzene rings is 1. The van der Waals surface area contributed by atoms with Crippen molar-refractivity contribution in [3.05, 3.63) is 35.4 Å². The zero-order valence-electron chi connectivity index (χ0n) is 17.3. The molecule has 158 valence electrons. The Balaban J connectivity index is 1.32. The molecule has 0 saturated carbocycles. The molecule has 1 fully saturated rings. The van der Waals surface area contributed by atoms with Gasteiger partial charge in [-0.05, 0) is 30.4 Å². The van der Waals surface area contributed by atoms with E-state index in [0.717, 1.165) is 38.3 Å². The first kappa shape index (κ1) is 21.0. The molecule has 0 aliphatic carbocycles. The normalized spacial score (nSPS) is 17.1. The lowest BCUT2D eigenvalue weighted by atomic mass is 10.1. The summed E-state index contributed by atoms with van der Waals surface area (Å²) in [6.45, 7) is 3.47. The van der Waals surface area contributed by atoms with Crippen LogP contribution in [0.4, 0.5) is 4.79 Å². The van der Waals surface area contributed by atoms with Gasteiger partial charge in [0.2, 0.25) is 5.91 Å². The van der Waals surface area contributed by atoms with Gasteiger partial charge in [-0.25, -0.2) is 4.79 Å². The standard InChI is InChI=1S/C21H31N5O3/c1-22-20(24-18-9-12-25(13-10-18)21(28)29-2)23-11-5-8-19(27)26-14-16-6-3-4-7-17(16)15-26/h3-4,6-7,18H,5,8-15H2,1-2H3,(H2,22,23,24). The fourth-order valence-corrected chi connectivity index (χ4v) is 3.84. The average Bonchev–Trinajstić information content (AvgIpc) is 3.20. The molecule has 8 heteroatoms. The summed E-state index contributed by atoms with van der Waals surface area (Å²) in [6.07, 6.45) is 2.72. The van der Waals surface area contributed by atoms with Crippen LogP contribution in [0.3, 0.4) is 0 Å². The lowest BCUT2D eigenvalue weighted by Crippen LogP contribution is -2.49. The second-order valence-electron chi connectivity index (χ2n) is 7.50. The first-order chi connectivity index (χ1) is 14.1. The van der Waals surface area contributed by atoms with Gasteiger partial charge in [-0.15, -0.1) is 0 Å². The lowest BCUT2D eigenvalue weighted by molar-refractivity contribution is -0.131. The Kier molecular flexibility index (Phi) is 7.32. The van der Waals surface area contributed by atoms with Crippen LogP contribution in [0.1, 0.15) is 36.8 Å². The topological polar surface area (TPSA) is 86.3 Å². The first-order valence-electron chi connectivity index (χ1n) is 10.3. The van der Waals surface area contributed by atoms with Gasteiger partial charge in [-0.3, -0.25) is 9.79 Å². The number of amides is 2. The maximum atomic E-state index is 12.5. The molecule has 3 rings (SSSR count). The van der Waals surface area contributed by atoms with E-state index in [4.69, 9.17) is 4.74 Å². The van der Waals surface area contributed by atoms with E-state index in [1.807, 2.05) is 17.0 Å². The molecule has 2 aliphatic heterocycles. The molecule has 2 amide bonds. The van der Waals surface area contributed by atoms with Crippen LogP contribution in [-0.4, -0.2) is 67.6 Å². The molecule has 8 nitrogen and oxygen atoms in total. The second-order valence-corrected chi connectivity index (χ2v) is 7.50. The Morgan fingerprint density at radius 3 is 2.38 bits per heavy atom. The van der Waals surface area contributed by atoms with Crippen molar-refractivity contribution in [1.29, 1.82) is 0 Å². The fourth-order valence-electron chi connectivity index (χ4n) is 3.84. The van der Waals surface area contributed by atoms with Gasteiger partial charge in [0.25, 0.3) is 0 Å². The fraction of sp³-hybridized carbons (Fsp3) is 0.571. The van der Waals surface area contributed by atoms with E-state index < -0.39 is 0 Å². The van der Waals surface area contributed by atoms with Crippen molar-refractivity contribution in [2.24, 2.45) is 4.99 Å². The molecule has 2 aliphatic rings. The number of guanidine groups is 1. The predicted molar refractivity (Wildman–Crippen MR) is 111 cm³/mol. The second kappa shape index (κ2) is 10.1. The lowest BCUT2D eigenvalue weighted by Gasteiger charge is -2.32. The number of hydrogen-bond donors (Lipinski definition) is 2. The van der Waals surface area contributed by atoms with E-state index in [1.165, 1.54) is 18.2 Å². The van der Waals surface area contributed by atoms with Crippen molar-refractivity contribution < 1.29 is 14.3 Å². The first-order valence-corrected chi connectivity index (χ1v) is 10.3. The summed E-state index contributed by atoms with van der Waals surface area (Å²) in [5.74, 6) is 0.934. The van der Waals surface area contributed by atoms with Gasteiger partial charge < -0.3 is 25.2 Å². The van der Waals surface area contributed by atoms with E-state index in [1.54, 1.807) is 11.9 Å². The quantitative estimate of drug-likeness (QED) is 0.446. The third kappa shape index (κ3) is 5.62. The van der Waals surface area contributed by atoms with Crippen molar-refractivity contribution in [2.45, 2.75) is 44.8 Å². The van der Waals surface area contributed by atoms with Crippen LogP contribution < -0.4 is 10.6 Å². The van der Waals surface area contributed by atoms with Crippen molar-refractivity contribution in [3.8, 4) is 0 Å². The summed E-state index contributed by atoms with van der Waals surface area (Å²) in [6, 6.07) is 8.50. The number of aliphatic imine (C=N–C) groups is 1. The van der Waals surface area contributed by atoms with Crippen LogP contribution >= 0.6 is 0 Å². The Morgan fingerprint density at radius 1 is 1.14 bits per heavy atom. The number of carbonyl (C=O) groups is 2. The van der Waals surface area contributed by atoms with Gasteiger partial charge in [0.15, 0.2) is 5.96 Å². The number of fused-ring (bicyclic) bond motifs is 1. The molecule has 1 aromatic rings. The minimum absolute atomic E-state index is 0.195. The molecule has 0 unspecified atom stereocenters. The number of nitrogens with one attached hydrogen (secondary N) is 2. The van der Waals surface area contributed by atoms with Crippen LogP contribution in [0.5, 0.6) is 0 Å². The average molecular weight is 402 g/mol. The van der Waals surface area contributed by atoms with Crippen molar-refractivity contribution in [3.63, 3.8) is 0 Å². The summed E-state index contributed by atoms with van der Waals surface area (Å²) in [7, 11) is 3.15. The van der Waals surface area contributed by atoms with Gasteiger partial charge in [0, 0.05) is 52.2 Å². The van der Waals surface area contributed by atoms with Crippen LogP contribution in [0.25, 0.3) is 0 Å². The van der Waals surface area contributed by atoms with E-state index in [0.29, 0.717) is 26.1 Å². The Labute approximate surface area is 172 Å². The molecule has 29 heavy (non-hydrogen) atoms. The minimum Gasteiger partial charge on any atom is -0.453 e. The number of piperidine rings is 1. The summed E-state index contributed by atoms with van der Waals surface area (Å²) in [5.41, 5.74) is 2.50. The highest BCUT2D eigenvalue weighted by molar-refractivity contribution is 5.80.